The van der Waals surface area contributed by atoms with E-state index in [-0.39, 0.29) is 5.91 Å². The Kier molecular flexibility index (Phi) is 4.61. The van der Waals surface area contributed by atoms with Gasteiger partial charge in [-0.2, -0.15) is 0 Å². The van der Waals surface area contributed by atoms with Gasteiger partial charge in [-0.15, -0.1) is 0 Å². The average Bonchev–Trinajstić information content (AvgIpc) is 2.94. The Balaban J connectivity index is 2.10. The van der Waals surface area contributed by atoms with E-state index in [1.165, 1.54) is 5.56 Å². The molecule has 1 aromatic carbocycles. The second kappa shape index (κ2) is 6.42. The van der Waals surface area contributed by atoms with Crippen molar-refractivity contribution in [3.05, 3.63) is 53.5 Å². The van der Waals surface area contributed by atoms with Gasteiger partial charge in [0.25, 0.3) is 0 Å². The molecule has 1 amide bonds. The Morgan fingerprint density at radius 2 is 2.05 bits per heavy atom. The van der Waals surface area contributed by atoms with E-state index in [4.69, 9.17) is 4.42 Å². The standard InChI is InChI=1S/C17H21NO2/c1-4-18(16-12-13(2)7-8-14(16)3)17(19)10-9-15-6-5-11-20-15/h5-8,11-12H,4,9-10H2,1-3H3. The van der Waals surface area contributed by atoms with Gasteiger partial charge in [0.15, 0.2) is 0 Å². The Hall–Kier alpha value is -2.03. The Labute approximate surface area is 120 Å². The molecule has 0 saturated heterocycles. The normalized spacial score (nSPS) is 10.6. The third-order valence-electron chi connectivity index (χ3n) is 3.44. The summed E-state index contributed by atoms with van der Waals surface area (Å²) in [5.41, 5.74) is 3.31. The fourth-order valence-corrected chi connectivity index (χ4v) is 2.31. The van der Waals surface area contributed by atoms with Gasteiger partial charge in [-0.25, -0.2) is 0 Å². The predicted octanol–water partition coefficient (Wildman–Crippen LogP) is 3.88. The highest BCUT2D eigenvalue weighted by Crippen LogP contribution is 2.22. The van der Waals surface area contributed by atoms with Crippen molar-refractivity contribution in [2.45, 2.75) is 33.6 Å². The average molecular weight is 271 g/mol. The van der Waals surface area contributed by atoms with Crippen LogP contribution in [0.1, 0.15) is 30.2 Å². The quantitative estimate of drug-likeness (QED) is 0.826. The second-order valence-electron chi connectivity index (χ2n) is 5.01. The molecule has 0 N–H and O–H groups in total. The number of hydrogen-bond acceptors (Lipinski definition) is 2. The smallest absolute Gasteiger partial charge is 0.227 e. The highest BCUT2D eigenvalue weighted by atomic mass is 16.3. The molecule has 0 saturated carbocycles. The topological polar surface area (TPSA) is 33.5 Å². The number of benzene rings is 1. The summed E-state index contributed by atoms with van der Waals surface area (Å²) in [4.78, 5) is 14.3. The van der Waals surface area contributed by atoms with E-state index in [0.717, 1.165) is 17.0 Å². The number of anilines is 1. The Morgan fingerprint density at radius 3 is 2.70 bits per heavy atom. The summed E-state index contributed by atoms with van der Waals surface area (Å²) in [6.45, 7) is 6.77. The minimum atomic E-state index is 0.137. The summed E-state index contributed by atoms with van der Waals surface area (Å²) in [5.74, 6) is 0.993. The molecule has 0 aliphatic rings. The Morgan fingerprint density at radius 1 is 1.25 bits per heavy atom. The van der Waals surface area contributed by atoms with Crippen LogP contribution in [0.3, 0.4) is 0 Å². The third kappa shape index (κ3) is 3.29. The molecule has 0 aliphatic carbocycles. The van der Waals surface area contributed by atoms with Crippen molar-refractivity contribution in [3.8, 4) is 0 Å². The lowest BCUT2D eigenvalue weighted by Crippen LogP contribution is -2.31. The molecule has 3 nitrogen and oxygen atoms in total. The summed E-state index contributed by atoms with van der Waals surface area (Å²) < 4.78 is 5.28. The van der Waals surface area contributed by atoms with E-state index in [2.05, 4.69) is 18.2 Å². The minimum absolute atomic E-state index is 0.137. The lowest BCUT2D eigenvalue weighted by Gasteiger charge is -2.23. The number of nitrogens with zero attached hydrogens (tertiary/aromatic N) is 1. The van der Waals surface area contributed by atoms with Gasteiger partial charge in [-0.1, -0.05) is 12.1 Å². The summed E-state index contributed by atoms with van der Waals surface area (Å²) in [7, 11) is 0. The molecule has 0 radical (unpaired) electrons. The number of carbonyl (C=O) groups is 1. The lowest BCUT2D eigenvalue weighted by molar-refractivity contribution is -0.118. The SMILES string of the molecule is CCN(C(=O)CCc1ccco1)c1cc(C)ccc1C. The van der Waals surface area contributed by atoms with Gasteiger partial charge >= 0.3 is 0 Å². The molecule has 20 heavy (non-hydrogen) atoms. The van der Waals surface area contributed by atoms with Crippen LogP contribution in [0.4, 0.5) is 5.69 Å². The first-order chi connectivity index (χ1) is 9.61. The molecule has 2 aromatic rings. The van der Waals surface area contributed by atoms with Gasteiger partial charge in [-0.05, 0) is 50.1 Å². The summed E-state index contributed by atoms with van der Waals surface area (Å²) in [6, 6.07) is 9.96. The first-order valence-corrected chi connectivity index (χ1v) is 7.01. The predicted molar refractivity (Wildman–Crippen MR) is 81.0 cm³/mol. The highest BCUT2D eigenvalue weighted by molar-refractivity contribution is 5.94. The zero-order valence-corrected chi connectivity index (χ0v) is 12.3. The summed E-state index contributed by atoms with van der Waals surface area (Å²) in [5, 5.41) is 0. The number of carbonyl (C=O) groups excluding carboxylic acids is 1. The van der Waals surface area contributed by atoms with Gasteiger partial charge in [-0.3, -0.25) is 4.79 Å². The van der Waals surface area contributed by atoms with E-state index in [0.29, 0.717) is 19.4 Å². The van der Waals surface area contributed by atoms with Crippen LogP contribution in [-0.2, 0) is 11.2 Å². The lowest BCUT2D eigenvalue weighted by atomic mass is 10.1. The van der Waals surface area contributed by atoms with Gasteiger partial charge < -0.3 is 9.32 Å². The molecule has 0 fully saturated rings. The molecule has 0 atom stereocenters. The number of rotatable bonds is 5. The van der Waals surface area contributed by atoms with Crippen molar-refractivity contribution in [2.75, 3.05) is 11.4 Å². The maximum absolute atomic E-state index is 12.4. The second-order valence-corrected chi connectivity index (χ2v) is 5.01. The van der Waals surface area contributed by atoms with Crippen LogP contribution >= 0.6 is 0 Å². The fraction of sp³-hybridized carbons (Fsp3) is 0.353. The van der Waals surface area contributed by atoms with Crippen molar-refractivity contribution in [2.24, 2.45) is 0 Å². The molecule has 106 valence electrons. The van der Waals surface area contributed by atoms with E-state index < -0.39 is 0 Å². The van der Waals surface area contributed by atoms with Gasteiger partial charge in [0.2, 0.25) is 5.91 Å². The minimum Gasteiger partial charge on any atom is -0.469 e. The van der Waals surface area contributed by atoms with E-state index in [9.17, 15) is 4.79 Å². The number of furan rings is 1. The molecule has 3 heteroatoms. The zero-order valence-electron chi connectivity index (χ0n) is 12.3. The highest BCUT2D eigenvalue weighted by Gasteiger charge is 2.16. The van der Waals surface area contributed by atoms with E-state index >= 15 is 0 Å². The maximum Gasteiger partial charge on any atom is 0.227 e. The molecule has 1 heterocycles. The fourth-order valence-electron chi connectivity index (χ4n) is 2.31. The third-order valence-corrected chi connectivity index (χ3v) is 3.44. The monoisotopic (exact) mass is 271 g/mol. The van der Waals surface area contributed by atoms with Crippen LogP contribution in [0.25, 0.3) is 0 Å². The van der Waals surface area contributed by atoms with Crippen LogP contribution < -0.4 is 4.90 Å². The first kappa shape index (κ1) is 14.4. The van der Waals surface area contributed by atoms with Gasteiger partial charge in [0, 0.05) is 25.1 Å². The van der Waals surface area contributed by atoms with Crippen molar-refractivity contribution in [1.29, 1.82) is 0 Å². The molecular weight excluding hydrogens is 250 g/mol. The van der Waals surface area contributed by atoms with Gasteiger partial charge in [0.05, 0.1) is 6.26 Å². The zero-order chi connectivity index (χ0) is 14.5. The first-order valence-electron chi connectivity index (χ1n) is 7.01. The number of amides is 1. The Bertz CT molecular complexity index is 573. The van der Waals surface area contributed by atoms with Gasteiger partial charge in [0.1, 0.15) is 5.76 Å². The molecule has 1 aromatic heterocycles. The van der Waals surface area contributed by atoms with Crippen LogP contribution in [0, 0.1) is 13.8 Å². The largest absolute Gasteiger partial charge is 0.469 e. The molecule has 2 rings (SSSR count). The molecular formula is C17H21NO2. The molecule has 0 spiro atoms. The summed E-state index contributed by atoms with van der Waals surface area (Å²) >= 11 is 0. The van der Waals surface area contributed by atoms with Crippen LogP contribution in [0.15, 0.2) is 41.0 Å². The van der Waals surface area contributed by atoms with Crippen LogP contribution in [0.5, 0.6) is 0 Å². The molecule has 0 unspecified atom stereocenters. The molecule has 0 aliphatic heterocycles. The number of hydrogen-bond donors (Lipinski definition) is 0. The van der Waals surface area contributed by atoms with Crippen LogP contribution in [0.2, 0.25) is 0 Å². The van der Waals surface area contributed by atoms with Crippen molar-refractivity contribution < 1.29 is 9.21 Å². The van der Waals surface area contributed by atoms with Crippen molar-refractivity contribution in [1.82, 2.24) is 0 Å². The van der Waals surface area contributed by atoms with Crippen LogP contribution in [-0.4, -0.2) is 12.5 Å². The van der Waals surface area contributed by atoms with E-state index in [1.54, 1.807) is 6.26 Å². The van der Waals surface area contributed by atoms with Crippen molar-refractivity contribution >= 4 is 11.6 Å². The number of aryl methyl sites for hydroxylation is 3. The van der Waals surface area contributed by atoms with E-state index in [1.807, 2.05) is 37.8 Å². The molecule has 0 bridgehead atoms. The van der Waals surface area contributed by atoms with Crippen molar-refractivity contribution in [3.63, 3.8) is 0 Å². The maximum atomic E-state index is 12.4. The summed E-state index contributed by atoms with van der Waals surface area (Å²) in [6.07, 6.45) is 2.75.